The third-order valence-electron chi connectivity index (χ3n) is 4.53. The van der Waals surface area contributed by atoms with Gasteiger partial charge in [-0.3, -0.25) is 9.59 Å². The number of benzene rings is 2. The monoisotopic (exact) mass is 354 g/mol. The molecule has 1 fully saturated rings. The summed E-state index contributed by atoms with van der Waals surface area (Å²) < 4.78 is 0. The lowest BCUT2D eigenvalue weighted by Gasteiger charge is -2.39. The Morgan fingerprint density at radius 3 is 2.32 bits per heavy atom. The van der Waals surface area contributed by atoms with Crippen molar-refractivity contribution < 1.29 is 9.59 Å². The zero-order valence-electron chi connectivity index (χ0n) is 14.7. The van der Waals surface area contributed by atoms with Crippen LogP contribution in [0.1, 0.15) is 22.8 Å². The zero-order chi connectivity index (χ0) is 18.0. The van der Waals surface area contributed by atoms with Crippen LogP contribution in [0.4, 0.5) is 5.69 Å². The number of hydrogen-bond donors (Lipinski definition) is 0. The van der Waals surface area contributed by atoms with Crippen LogP contribution in [-0.4, -0.2) is 42.1 Å². The van der Waals surface area contributed by atoms with Crippen LogP contribution in [0.3, 0.4) is 0 Å². The van der Waals surface area contributed by atoms with Crippen LogP contribution >= 0.6 is 11.8 Å². The Labute approximate surface area is 152 Å². The summed E-state index contributed by atoms with van der Waals surface area (Å²) >= 11 is 1.64. The summed E-state index contributed by atoms with van der Waals surface area (Å²) in [6.07, 6.45) is 2.00. The highest BCUT2D eigenvalue weighted by Crippen LogP contribution is 2.23. The van der Waals surface area contributed by atoms with E-state index in [0.29, 0.717) is 12.1 Å². The van der Waals surface area contributed by atoms with Crippen LogP contribution in [0.2, 0.25) is 0 Å². The van der Waals surface area contributed by atoms with E-state index in [2.05, 4.69) is 0 Å². The van der Waals surface area contributed by atoms with Gasteiger partial charge in [0.05, 0.1) is 0 Å². The van der Waals surface area contributed by atoms with Crippen molar-refractivity contribution in [1.82, 2.24) is 4.90 Å². The molecule has 0 aromatic heterocycles. The van der Waals surface area contributed by atoms with Gasteiger partial charge >= 0.3 is 0 Å². The van der Waals surface area contributed by atoms with E-state index in [1.54, 1.807) is 21.6 Å². The maximum Gasteiger partial charge on any atom is 0.254 e. The van der Waals surface area contributed by atoms with Gasteiger partial charge in [-0.1, -0.05) is 17.7 Å². The van der Waals surface area contributed by atoms with Gasteiger partial charge in [0.1, 0.15) is 6.54 Å². The second-order valence-electron chi connectivity index (χ2n) is 6.35. The van der Waals surface area contributed by atoms with Gasteiger partial charge in [0.2, 0.25) is 5.91 Å². The molecule has 25 heavy (non-hydrogen) atoms. The number of carbonyl (C=O) groups is 2. The Kier molecular flexibility index (Phi) is 5.13. The van der Waals surface area contributed by atoms with Gasteiger partial charge in [0, 0.05) is 28.7 Å². The molecule has 2 amide bonds. The van der Waals surface area contributed by atoms with E-state index in [1.807, 2.05) is 68.6 Å². The summed E-state index contributed by atoms with van der Waals surface area (Å²) in [5.41, 5.74) is 2.67. The summed E-state index contributed by atoms with van der Waals surface area (Å²) in [4.78, 5) is 29.9. The highest BCUT2D eigenvalue weighted by Gasteiger charge is 2.33. The smallest absolute Gasteiger partial charge is 0.254 e. The minimum absolute atomic E-state index is 0.0354. The van der Waals surface area contributed by atoms with Gasteiger partial charge in [0.15, 0.2) is 0 Å². The minimum Gasteiger partial charge on any atom is -0.325 e. The van der Waals surface area contributed by atoms with Crippen LogP contribution in [-0.2, 0) is 4.79 Å². The normalized spacial score (nSPS) is 17.7. The average molecular weight is 354 g/mol. The first-order chi connectivity index (χ1) is 12.0. The molecule has 1 atom stereocenters. The molecule has 2 aromatic rings. The zero-order valence-corrected chi connectivity index (χ0v) is 15.5. The first kappa shape index (κ1) is 17.5. The predicted molar refractivity (Wildman–Crippen MR) is 102 cm³/mol. The number of piperazine rings is 1. The molecule has 2 aromatic carbocycles. The Morgan fingerprint density at radius 1 is 1.08 bits per heavy atom. The Morgan fingerprint density at radius 2 is 1.72 bits per heavy atom. The number of hydrogen-bond acceptors (Lipinski definition) is 3. The summed E-state index contributed by atoms with van der Waals surface area (Å²) in [5, 5.41) is 0. The van der Waals surface area contributed by atoms with E-state index in [4.69, 9.17) is 0 Å². The van der Waals surface area contributed by atoms with Gasteiger partial charge < -0.3 is 9.80 Å². The largest absolute Gasteiger partial charge is 0.325 e. The third kappa shape index (κ3) is 3.71. The second-order valence-corrected chi connectivity index (χ2v) is 7.23. The van der Waals surface area contributed by atoms with Crippen LogP contribution in [0.25, 0.3) is 0 Å². The molecule has 130 valence electrons. The van der Waals surface area contributed by atoms with E-state index in [9.17, 15) is 9.59 Å². The van der Waals surface area contributed by atoms with Crippen molar-refractivity contribution in [2.45, 2.75) is 24.8 Å². The molecule has 0 spiro atoms. The number of carbonyl (C=O) groups excluding carboxylic acids is 2. The molecule has 1 saturated heterocycles. The maximum absolute atomic E-state index is 12.8. The molecule has 3 rings (SSSR count). The van der Waals surface area contributed by atoms with Crippen molar-refractivity contribution in [3.8, 4) is 0 Å². The SMILES string of the molecule is CSc1ccc(C(=O)N2CC(=O)N(c3ccc(C)cc3)C[C@H]2C)cc1. The first-order valence-electron chi connectivity index (χ1n) is 8.31. The molecule has 5 heteroatoms. The minimum atomic E-state index is -0.0861. The molecular weight excluding hydrogens is 332 g/mol. The molecule has 1 aliphatic heterocycles. The molecule has 0 radical (unpaired) electrons. The summed E-state index contributed by atoms with van der Waals surface area (Å²) in [5.74, 6) is -0.131. The van der Waals surface area contributed by atoms with Crippen molar-refractivity contribution in [1.29, 1.82) is 0 Å². The van der Waals surface area contributed by atoms with Crippen LogP contribution in [0.15, 0.2) is 53.4 Å². The molecule has 4 nitrogen and oxygen atoms in total. The van der Waals surface area contributed by atoms with Gasteiger partial charge in [-0.05, 0) is 56.5 Å². The van der Waals surface area contributed by atoms with E-state index in [1.165, 1.54) is 0 Å². The lowest BCUT2D eigenvalue weighted by molar-refractivity contribution is -0.121. The summed E-state index contributed by atoms with van der Waals surface area (Å²) in [7, 11) is 0. The topological polar surface area (TPSA) is 40.6 Å². The van der Waals surface area contributed by atoms with Crippen molar-refractivity contribution in [3.63, 3.8) is 0 Å². The van der Waals surface area contributed by atoms with Gasteiger partial charge in [-0.15, -0.1) is 11.8 Å². The molecule has 0 saturated carbocycles. The number of thioether (sulfide) groups is 1. The maximum atomic E-state index is 12.8. The molecule has 0 bridgehead atoms. The van der Waals surface area contributed by atoms with E-state index < -0.39 is 0 Å². The van der Waals surface area contributed by atoms with E-state index in [0.717, 1.165) is 16.1 Å². The number of aryl methyl sites for hydroxylation is 1. The van der Waals surface area contributed by atoms with Gasteiger partial charge in [0.25, 0.3) is 5.91 Å². The number of amides is 2. The van der Waals surface area contributed by atoms with Crippen LogP contribution in [0.5, 0.6) is 0 Å². The molecule has 1 heterocycles. The van der Waals surface area contributed by atoms with Crippen molar-refractivity contribution in [2.24, 2.45) is 0 Å². The third-order valence-corrected chi connectivity index (χ3v) is 5.27. The van der Waals surface area contributed by atoms with Crippen molar-refractivity contribution in [3.05, 3.63) is 59.7 Å². The molecular formula is C20H22N2O2S. The predicted octanol–water partition coefficient (Wildman–Crippen LogP) is 3.59. The Hall–Kier alpha value is -2.27. The highest BCUT2D eigenvalue weighted by molar-refractivity contribution is 7.98. The Balaban J connectivity index is 1.76. The van der Waals surface area contributed by atoms with E-state index >= 15 is 0 Å². The standard InChI is InChI=1S/C20H22N2O2S/c1-14-4-8-17(9-5-14)22-12-15(2)21(13-19(22)23)20(24)16-6-10-18(25-3)11-7-16/h4-11,15H,12-13H2,1-3H3/t15-/m1/s1. The average Bonchev–Trinajstić information content (AvgIpc) is 2.63. The lowest BCUT2D eigenvalue weighted by Crippen LogP contribution is -2.57. The van der Waals surface area contributed by atoms with Crippen molar-refractivity contribution >= 4 is 29.3 Å². The fourth-order valence-corrected chi connectivity index (χ4v) is 3.41. The molecule has 0 unspecified atom stereocenters. The molecule has 0 aliphatic carbocycles. The van der Waals surface area contributed by atoms with Gasteiger partial charge in [-0.2, -0.15) is 0 Å². The Bertz CT molecular complexity index is 771. The summed E-state index contributed by atoms with van der Waals surface area (Å²) in [6.45, 7) is 4.63. The number of anilines is 1. The number of nitrogens with zero attached hydrogens (tertiary/aromatic N) is 2. The quantitative estimate of drug-likeness (QED) is 0.791. The highest BCUT2D eigenvalue weighted by atomic mass is 32.2. The second kappa shape index (κ2) is 7.31. The van der Waals surface area contributed by atoms with Gasteiger partial charge in [-0.25, -0.2) is 0 Å². The number of rotatable bonds is 3. The molecule has 0 N–H and O–H groups in total. The lowest BCUT2D eigenvalue weighted by atomic mass is 10.1. The fraction of sp³-hybridized carbons (Fsp3) is 0.300. The fourth-order valence-electron chi connectivity index (χ4n) is 3.00. The van der Waals surface area contributed by atoms with Crippen LogP contribution < -0.4 is 4.90 Å². The van der Waals surface area contributed by atoms with E-state index in [-0.39, 0.29) is 24.4 Å². The first-order valence-corrected chi connectivity index (χ1v) is 9.54. The molecule has 1 aliphatic rings. The van der Waals surface area contributed by atoms with Crippen LogP contribution in [0, 0.1) is 6.92 Å². The summed E-state index contributed by atoms with van der Waals surface area (Å²) in [6, 6.07) is 15.4. The van der Waals surface area contributed by atoms with Crippen molar-refractivity contribution in [2.75, 3.05) is 24.2 Å².